The van der Waals surface area contributed by atoms with E-state index in [9.17, 15) is 0 Å². The number of hydrogen-bond acceptors (Lipinski definition) is 2. The normalized spacial score (nSPS) is 10.9. The predicted molar refractivity (Wildman–Crippen MR) is 57.5 cm³/mol. The molecule has 0 saturated heterocycles. The minimum Gasteiger partial charge on any atom is -0.380 e. The maximum absolute atomic E-state index is 5.91. The van der Waals surface area contributed by atoms with Crippen LogP contribution in [0, 0.1) is 0 Å². The molecular formula is C10H9ClOS. The Morgan fingerprint density at radius 2 is 2.31 bits per heavy atom. The van der Waals surface area contributed by atoms with Crippen molar-refractivity contribution < 1.29 is 4.74 Å². The highest BCUT2D eigenvalue weighted by Gasteiger charge is 2.03. The van der Waals surface area contributed by atoms with Gasteiger partial charge in [0.05, 0.1) is 6.61 Å². The van der Waals surface area contributed by atoms with Gasteiger partial charge in [-0.3, -0.25) is 0 Å². The lowest BCUT2D eigenvalue weighted by Gasteiger charge is -1.97. The molecule has 0 aliphatic rings. The maximum atomic E-state index is 5.91. The summed E-state index contributed by atoms with van der Waals surface area (Å²) in [6.45, 7) is 0.653. The van der Waals surface area contributed by atoms with E-state index in [0.717, 1.165) is 5.02 Å². The lowest BCUT2D eigenvalue weighted by molar-refractivity contribution is 0.186. The van der Waals surface area contributed by atoms with Crippen LogP contribution >= 0.6 is 22.9 Å². The predicted octanol–water partition coefficient (Wildman–Crippen LogP) is 3.70. The van der Waals surface area contributed by atoms with Gasteiger partial charge in [0, 0.05) is 16.8 Å². The van der Waals surface area contributed by atoms with Crippen molar-refractivity contribution in [3.63, 3.8) is 0 Å². The molecule has 13 heavy (non-hydrogen) atoms. The Hall–Kier alpha value is -0.570. The van der Waals surface area contributed by atoms with E-state index >= 15 is 0 Å². The molecule has 68 valence electrons. The molecule has 0 N–H and O–H groups in total. The summed E-state index contributed by atoms with van der Waals surface area (Å²) in [5.74, 6) is 0. The van der Waals surface area contributed by atoms with Crippen LogP contribution in [0.2, 0.25) is 5.02 Å². The summed E-state index contributed by atoms with van der Waals surface area (Å²) in [5.41, 5.74) is 1.21. The van der Waals surface area contributed by atoms with Crippen LogP contribution in [0.5, 0.6) is 0 Å². The average Bonchev–Trinajstić information content (AvgIpc) is 2.49. The summed E-state index contributed by atoms with van der Waals surface area (Å²) >= 11 is 7.64. The lowest BCUT2D eigenvalue weighted by atomic mass is 10.2. The van der Waals surface area contributed by atoms with E-state index in [0.29, 0.717) is 6.61 Å². The van der Waals surface area contributed by atoms with Crippen molar-refractivity contribution in [1.29, 1.82) is 0 Å². The number of methoxy groups -OCH3 is 1. The molecule has 2 rings (SSSR count). The number of rotatable bonds is 2. The fourth-order valence-corrected chi connectivity index (χ4v) is 2.42. The van der Waals surface area contributed by atoms with E-state index in [2.05, 4.69) is 5.38 Å². The van der Waals surface area contributed by atoms with Gasteiger partial charge in [-0.15, -0.1) is 11.3 Å². The van der Waals surface area contributed by atoms with Crippen molar-refractivity contribution in [1.82, 2.24) is 0 Å². The van der Waals surface area contributed by atoms with E-state index in [1.165, 1.54) is 15.6 Å². The number of benzene rings is 1. The zero-order chi connectivity index (χ0) is 9.26. The van der Waals surface area contributed by atoms with Gasteiger partial charge in [-0.05, 0) is 34.5 Å². The third-order valence-electron chi connectivity index (χ3n) is 1.92. The van der Waals surface area contributed by atoms with E-state index in [1.807, 2.05) is 18.2 Å². The maximum Gasteiger partial charge on any atom is 0.0727 e. The Morgan fingerprint density at radius 1 is 1.46 bits per heavy atom. The average molecular weight is 213 g/mol. The van der Waals surface area contributed by atoms with Gasteiger partial charge >= 0.3 is 0 Å². The molecule has 1 aromatic heterocycles. The molecule has 1 nitrogen and oxygen atoms in total. The summed E-state index contributed by atoms with van der Waals surface area (Å²) in [6, 6.07) is 5.94. The fourth-order valence-electron chi connectivity index (χ4n) is 1.32. The first-order valence-electron chi connectivity index (χ1n) is 3.96. The number of ether oxygens (including phenoxy) is 1. The summed E-state index contributed by atoms with van der Waals surface area (Å²) in [5, 5.41) is 4.10. The van der Waals surface area contributed by atoms with Crippen molar-refractivity contribution in [2.75, 3.05) is 7.11 Å². The minimum absolute atomic E-state index is 0.653. The number of halogens is 1. The molecule has 0 aliphatic heterocycles. The molecule has 0 aliphatic carbocycles. The highest BCUT2D eigenvalue weighted by Crippen LogP contribution is 2.28. The highest BCUT2D eigenvalue weighted by molar-refractivity contribution is 7.17. The van der Waals surface area contributed by atoms with Gasteiger partial charge in [-0.2, -0.15) is 0 Å². The monoisotopic (exact) mass is 212 g/mol. The van der Waals surface area contributed by atoms with Crippen LogP contribution in [0.1, 0.15) is 5.56 Å². The first-order chi connectivity index (χ1) is 6.31. The molecule has 3 heteroatoms. The van der Waals surface area contributed by atoms with Crippen LogP contribution < -0.4 is 0 Å². The Kier molecular flexibility index (Phi) is 2.54. The molecule has 0 atom stereocenters. The summed E-state index contributed by atoms with van der Waals surface area (Å²) in [6.07, 6.45) is 0. The van der Waals surface area contributed by atoms with Crippen molar-refractivity contribution >= 4 is 33.0 Å². The SMILES string of the molecule is COCc1csc2ccc(Cl)cc12. The van der Waals surface area contributed by atoms with Crippen LogP contribution in [-0.2, 0) is 11.3 Å². The van der Waals surface area contributed by atoms with E-state index in [1.54, 1.807) is 18.4 Å². The summed E-state index contributed by atoms with van der Waals surface area (Å²) < 4.78 is 6.36. The lowest BCUT2D eigenvalue weighted by Crippen LogP contribution is -1.83. The van der Waals surface area contributed by atoms with E-state index in [-0.39, 0.29) is 0 Å². The zero-order valence-electron chi connectivity index (χ0n) is 7.21. The fraction of sp³-hybridized carbons (Fsp3) is 0.200. The van der Waals surface area contributed by atoms with Crippen LogP contribution in [0.15, 0.2) is 23.6 Å². The van der Waals surface area contributed by atoms with Gasteiger partial charge in [-0.1, -0.05) is 11.6 Å². The summed E-state index contributed by atoms with van der Waals surface area (Å²) in [7, 11) is 1.70. The second-order valence-electron chi connectivity index (χ2n) is 2.83. The third kappa shape index (κ3) is 1.70. The van der Waals surface area contributed by atoms with Gasteiger partial charge in [0.15, 0.2) is 0 Å². The Morgan fingerprint density at radius 3 is 3.08 bits per heavy atom. The van der Waals surface area contributed by atoms with Crippen LogP contribution in [0.4, 0.5) is 0 Å². The van der Waals surface area contributed by atoms with Gasteiger partial charge in [-0.25, -0.2) is 0 Å². The number of fused-ring (bicyclic) bond motifs is 1. The smallest absolute Gasteiger partial charge is 0.0727 e. The molecule has 0 radical (unpaired) electrons. The third-order valence-corrected chi connectivity index (χ3v) is 3.16. The first-order valence-corrected chi connectivity index (χ1v) is 5.21. The van der Waals surface area contributed by atoms with Crippen molar-refractivity contribution in [3.05, 3.63) is 34.2 Å². The zero-order valence-corrected chi connectivity index (χ0v) is 8.78. The standard InChI is InChI=1S/C10H9ClOS/c1-12-5-7-6-13-10-3-2-8(11)4-9(7)10/h2-4,6H,5H2,1H3. The van der Waals surface area contributed by atoms with E-state index in [4.69, 9.17) is 16.3 Å². The molecule has 1 aromatic carbocycles. The minimum atomic E-state index is 0.653. The number of hydrogen-bond donors (Lipinski definition) is 0. The van der Waals surface area contributed by atoms with Gasteiger partial charge < -0.3 is 4.74 Å². The summed E-state index contributed by atoms with van der Waals surface area (Å²) in [4.78, 5) is 0. The molecule has 0 spiro atoms. The van der Waals surface area contributed by atoms with Crippen molar-refractivity contribution in [3.8, 4) is 0 Å². The molecule has 0 fully saturated rings. The van der Waals surface area contributed by atoms with E-state index < -0.39 is 0 Å². The quantitative estimate of drug-likeness (QED) is 0.738. The largest absolute Gasteiger partial charge is 0.380 e. The highest BCUT2D eigenvalue weighted by atomic mass is 35.5. The van der Waals surface area contributed by atoms with Crippen LogP contribution in [-0.4, -0.2) is 7.11 Å². The van der Waals surface area contributed by atoms with Crippen molar-refractivity contribution in [2.45, 2.75) is 6.61 Å². The molecule has 0 bridgehead atoms. The second kappa shape index (κ2) is 3.66. The second-order valence-corrected chi connectivity index (χ2v) is 4.18. The van der Waals surface area contributed by atoms with Crippen LogP contribution in [0.3, 0.4) is 0 Å². The molecule has 0 unspecified atom stereocenters. The molecule has 2 aromatic rings. The van der Waals surface area contributed by atoms with Crippen LogP contribution in [0.25, 0.3) is 10.1 Å². The van der Waals surface area contributed by atoms with Gasteiger partial charge in [0.2, 0.25) is 0 Å². The molecular weight excluding hydrogens is 204 g/mol. The van der Waals surface area contributed by atoms with Crippen molar-refractivity contribution in [2.24, 2.45) is 0 Å². The topological polar surface area (TPSA) is 9.23 Å². The Labute approximate surface area is 85.9 Å². The Balaban J connectivity index is 2.58. The van der Waals surface area contributed by atoms with Gasteiger partial charge in [0.1, 0.15) is 0 Å². The molecule has 0 amide bonds. The number of thiophene rings is 1. The molecule has 1 heterocycles. The first kappa shape index (κ1) is 9.00. The Bertz CT molecular complexity index is 422. The van der Waals surface area contributed by atoms with Gasteiger partial charge in [0.25, 0.3) is 0 Å². The molecule has 0 saturated carbocycles.